The Bertz CT molecular complexity index is 1440. The maximum atomic E-state index is 13.4. The van der Waals surface area contributed by atoms with Crippen LogP contribution in [0.15, 0.2) is 82.2 Å². The number of sulfonamides is 1. The SMILES string of the molecule is CN(Cc1nc(-c2ccccc2)no1)C(=O)[C@H]1CCCN1S(=O)(=O)c1ccc2ccccc2c1. The van der Waals surface area contributed by atoms with Crippen LogP contribution in [0.5, 0.6) is 0 Å². The van der Waals surface area contributed by atoms with Gasteiger partial charge in [0.25, 0.3) is 0 Å². The van der Waals surface area contributed by atoms with Crippen molar-refractivity contribution in [2.45, 2.75) is 30.3 Å². The lowest BCUT2D eigenvalue weighted by molar-refractivity contribution is -0.134. The normalized spacial score (nSPS) is 16.7. The highest BCUT2D eigenvalue weighted by Gasteiger charge is 2.40. The molecule has 8 nitrogen and oxygen atoms in total. The highest BCUT2D eigenvalue weighted by Crippen LogP contribution is 2.29. The Kier molecular flexibility index (Phi) is 5.89. The molecular weight excluding hydrogens is 452 g/mol. The fraction of sp³-hybridized carbons (Fsp3) is 0.240. The molecule has 1 atom stereocenters. The maximum Gasteiger partial charge on any atom is 0.246 e. The Morgan fingerprint density at radius 1 is 1.06 bits per heavy atom. The van der Waals surface area contributed by atoms with Crippen LogP contribution < -0.4 is 0 Å². The minimum absolute atomic E-state index is 0.0963. The predicted octanol–water partition coefficient (Wildman–Crippen LogP) is 3.70. The van der Waals surface area contributed by atoms with Crippen LogP contribution >= 0.6 is 0 Å². The van der Waals surface area contributed by atoms with E-state index in [0.717, 1.165) is 16.3 Å². The molecule has 0 unspecified atom stereocenters. The second-order valence-electron chi connectivity index (χ2n) is 8.35. The highest BCUT2D eigenvalue weighted by molar-refractivity contribution is 7.89. The summed E-state index contributed by atoms with van der Waals surface area (Å²) < 4.78 is 33.5. The van der Waals surface area contributed by atoms with Gasteiger partial charge in [0.15, 0.2) is 0 Å². The zero-order valence-corrected chi connectivity index (χ0v) is 19.5. The molecular formula is C25H24N4O4S. The summed E-state index contributed by atoms with van der Waals surface area (Å²) in [5.74, 6) is 0.441. The average molecular weight is 477 g/mol. The molecule has 0 radical (unpaired) electrons. The number of benzene rings is 3. The van der Waals surface area contributed by atoms with Gasteiger partial charge < -0.3 is 9.42 Å². The lowest BCUT2D eigenvalue weighted by Gasteiger charge is -2.27. The van der Waals surface area contributed by atoms with Crippen molar-refractivity contribution in [1.29, 1.82) is 0 Å². The van der Waals surface area contributed by atoms with Gasteiger partial charge in [0.1, 0.15) is 6.04 Å². The van der Waals surface area contributed by atoms with Gasteiger partial charge in [-0.25, -0.2) is 8.42 Å². The summed E-state index contributed by atoms with van der Waals surface area (Å²) in [4.78, 5) is 19.3. The molecule has 0 N–H and O–H groups in total. The number of hydrogen-bond acceptors (Lipinski definition) is 6. The van der Waals surface area contributed by atoms with Crippen LogP contribution in [0.25, 0.3) is 22.2 Å². The van der Waals surface area contributed by atoms with Gasteiger partial charge in [-0.1, -0.05) is 65.8 Å². The number of aromatic nitrogens is 2. The molecule has 0 spiro atoms. The van der Waals surface area contributed by atoms with E-state index in [-0.39, 0.29) is 23.2 Å². The van der Waals surface area contributed by atoms with E-state index in [1.165, 1.54) is 9.21 Å². The summed E-state index contributed by atoms with van der Waals surface area (Å²) in [7, 11) is -2.21. The van der Waals surface area contributed by atoms with Crippen molar-refractivity contribution in [3.8, 4) is 11.4 Å². The fourth-order valence-corrected chi connectivity index (χ4v) is 5.98. The van der Waals surface area contributed by atoms with Crippen molar-refractivity contribution in [2.24, 2.45) is 0 Å². The van der Waals surface area contributed by atoms with Gasteiger partial charge in [0.2, 0.25) is 27.6 Å². The van der Waals surface area contributed by atoms with Crippen molar-refractivity contribution in [3.63, 3.8) is 0 Å². The molecule has 0 saturated carbocycles. The molecule has 1 amide bonds. The van der Waals surface area contributed by atoms with Gasteiger partial charge in [0.05, 0.1) is 11.4 Å². The van der Waals surface area contributed by atoms with E-state index in [9.17, 15) is 13.2 Å². The van der Waals surface area contributed by atoms with Crippen LogP contribution in [-0.4, -0.2) is 53.3 Å². The van der Waals surface area contributed by atoms with E-state index in [0.29, 0.717) is 25.2 Å². The third kappa shape index (κ3) is 4.20. The van der Waals surface area contributed by atoms with Crippen LogP contribution in [0.2, 0.25) is 0 Å². The summed E-state index contributed by atoms with van der Waals surface area (Å²) in [5.41, 5.74) is 0.815. The number of likely N-dealkylation sites (N-methyl/N-ethyl adjacent to an activating group) is 1. The number of rotatable bonds is 6. The van der Waals surface area contributed by atoms with E-state index in [2.05, 4.69) is 10.1 Å². The predicted molar refractivity (Wildman–Crippen MR) is 127 cm³/mol. The number of amides is 1. The fourth-order valence-electron chi connectivity index (χ4n) is 4.30. The van der Waals surface area contributed by atoms with Crippen LogP contribution in [-0.2, 0) is 21.4 Å². The second kappa shape index (κ2) is 9.00. The molecule has 174 valence electrons. The summed E-state index contributed by atoms with van der Waals surface area (Å²) >= 11 is 0. The molecule has 5 rings (SSSR count). The highest BCUT2D eigenvalue weighted by atomic mass is 32.2. The van der Waals surface area contributed by atoms with Crippen LogP contribution in [0.1, 0.15) is 18.7 Å². The number of carbonyl (C=O) groups is 1. The molecule has 34 heavy (non-hydrogen) atoms. The number of carbonyl (C=O) groups excluding carboxylic acids is 1. The van der Waals surface area contributed by atoms with E-state index >= 15 is 0 Å². The monoisotopic (exact) mass is 476 g/mol. The third-order valence-electron chi connectivity index (χ3n) is 6.06. The summed E-state index contributed by atoms with van der Waals surface area (Å²) in [6.45, 7) is 0.400. The molecule has 1 aliphatic rings. The van der Waals surface area contributed by atoms with E-state index in [1.54, 1.807) is 25.2 Å². The van der Waals surface area contributed by atoms with Crippen molar-refractivity contribution < 1.29 is 17.7 Å². The first-order valence-corrected chi connectivity index (χ1v) is 12.5. The van der Waals surface area contributed by atoms with Gasteiger partial charge >= 0.3 is 0 Å². The Labute approximate surface area is 197 Å². The van der Waals surface area contributed by atoms with E-state index in [4.69, 9.17) is 4.52 Å². The maximum absolute atomic E-state index is 13.4. The Balaban J connectivity index is 1.33. The Morgan fingerprint density at radius 3 is 2.59 bits per heavy atom. The quantitative estimate of drug-likeness (QED) is 0.421. The van der Waals surface area contributed by atoms with Crippen LogP contribution in [0.4, 0.5) is 0 Å². The van der Waals surface area contributed by atoms with Crippen molar-refractivity contribution in [1.82, 2.24) is 19.3 Å². The minimum atomic E-state index is -3.83. The Hall–Kier alpha value is -3.56. The molecule has 1 fully saturated rings. The smallest absolute Gasteiger partial charge is 0.246 e. The largest absolute Gasteiger partial charge is 0.337 e. The van der Waals surface area contributed by atoms with Crippen LogP contribution in [0, 0.1) is 0 Å². The van der Waals surface area contributed by atoms with Gasteiger partial charge in [-0.3, -0.25) is 4.79 Å². The molecule has 0 bridgehead atoms. The zero-order chi connectivity index (χ0) is 23.7. The van der Waals surface area contributed by atoms with Gasteiger partial charge in [0, 0.05) is 19.2 Å². The standard InChI is InChI=1S/C25H24N4O4S/c1-28(17-23-26-24(27-33-23)19-9-3-2-4-10-19)25(30)22-12-7-15-29(22)34(31,32)21-14-13-18-8-5-6-11-20(18)16-21/h2-6,8-11,13-14,16,22H,7,12,15,17H2,1H3/t22-/m1/s1. The first-order valence-electron chi connectivity index (χ1n) is 11.1. The first-order chi connectivity index (χ1) is 16.4. The summed E-state index contributed by atoms with van der Waals surface area (Å²) in [5, 5.41) is 5.79. The summed E-state index contributed by atoms with van der Waals surface area (Å²) in [6.07, 6.45) is 1.09. The molecule has 3 aromatic carbocycles. The van der Waals surface area contributed by atoms with Crippen LogP contribution in [0.3, 0.4) is 0 Å². The van der Waals surface area contributed by atoms with Crippen molar-refractivity contribution in [3.05, 3.63) is 78.7 Å². The third-order valence-corrected chi connectivity index (χ3v) is 7.97. The number of nitrogens with zero attached hydrogens (tertiary/aromatic N) is 4. The van der Waals surface area contributed by atoms with Crippen molar-refractivity contribution in [2.75, 3.05) is 13.6 Å². The second-order valence-corrected chi connectivity index (χ2v) is 10.2. The molecule has 2 heterocycles. The molecule has 9 heteroatoms. The molecule has 1 saturated heterocycles. The lowest BCUT2D eigenvalue weighted by atomic mass is 10.1. The molecule has 1 aliphatic heterocycles. The van der Waals surface area contributed by atoms with E-state index in [1.807, 2.05) is 54.6 Å². The Morgan fingerprint density at radius 2 is 1.79 bits per heavy atom. The zero-order valence-electron chi connectivity index (χ0n) is 18.7. The van der Waals surface area contributed by atoms with Gasteiger partial charge in [-0.2, -0.15) is 9.29 Å². The summed E-state index contributed by atoms with van der Waals surface area (Å²) in [6, 6.07) is 21.3. The number of fused-ring (bicyclic) bond motifs is 1. The van der Waals surface area contributed by atoms with Crippen molar-refractivity contribution >= 4 is 26.7 Å². The first kappa shape index (κ1) is 22.2. The molecule has 1 aromatic heterocycles. The van der Waals surface area contributed by atoms with Gasteiger partial charge in [-0.15, -0.1) is 0 Å². The number of hydrogen-bond donors (Lipinski definition) is 0. The average Bonchev–Trinajstić information content (AvgIpc) is 3.54. The topological polar surface area (TPSA) is 96.6 Å². The lowest BCUT2D eigenvalue weighted by Crippen LogP contribution is -2.46. The van der Waals surface area contributed by atoms with Gasteiger partial charge in [-0.05, 0) is 35.7 Å². The molecule has 4 aromatic rings. The van der Waals surface area contributed by atoms with E-state index < -0.39 is 16.1 Å². The molecule has 0 aliphatic carbocycles. The minimum Gasteiger partial charge on any atom is -0.337 e.